The fourth-order valence-electron chi connectivity index (χ4n) is 5.38. The van der Waals surface area contributed by atoms with Crippen LogP contribution in [0.25, 0.3) is 0 Å². The maximum atomic E-state index is 9.98. The van der Waals surface area contributed by atoms with Crippen LogP contribution in [-0.4, -0.2) is 20.0 Å². The van der Waals surface area contributed by atoms with E-state index in [4.69, 9.17) is 11.1 Å². The quantitative estimate of drug-likeness (QED) is 0.0275. The van der Waals surface area contributed by atoms with Gasteiger partial charge in [0.25, 0.3) is 0 Å². The molecule has 0 aromatic carbocycles. The third-order valence-corrected chi connectivity index (χ3v) is 9.97. The van der Waals surface area contributed by atoms with E-state index in [1.165, 1.54) is 179 Å². The van der Waals surface area contributed by atoms with E-state index in [-0.39, 0.29) is 0 Å². The Morgan fingerprint density at radius 1 is 0.432 bits per heavy atom. The molecule has 0 aliphatic carbocycles. The topological polar surface area (TPSA) is 29.4 Å². The van der Waals surface area contributed by atoms with Crippen molar-refractivity contribution in [3.8, 4) is 0 Å². The minimum atomic E-state index is -1.32. The van der Waals surface area contributed by atoms with Crippen LogP contribution in [0.4, 0.5) is 0 Å². The number of unbranched alkanes of at least 4 members (excludes halogenated alkanes) is 27. The number of hydrogen-bond acceptors (Lipinski definition) is 2. The minimum absolute atomic E-state index is 0.667. The lowest BCUT2D eigenvalue weighted by atomic mass is 10.0. The van der Waals surface area contributed by atoms with E-state index >= 15 is 0 Å². The first-order chi connectivity index (χ1) is 18.1. The molecule has 0 bridgehead atoms. The molecule has 0 unspecified atom stereocenters. The summed E-state index contributed by atoms with van der Waals surface area (Å²) in [5.74, 6) is 0. The fraction of sp³-hybridized carbons (Fsp3) is 0.970. The molecule has 0 rings (SSSR count). The molecule has 0 fully saturated rings. The van der Waals surface area contributed by atoms with Crippen molar-refractivity contribution < 1.29 is 4.79 Å². The molecule has 0 amide bonds. The Kier molecular flexibility index (Phi) is 30.3. The third-order valence-electron chi connectivity index (χ3n) is 7.86. The first-order valence-electron chi connectivity index (χ1n) is 16.8. The van der Waals surface area contributed by atoms with Crippen LogP contribution in [0.15, 0.2) is 4.99 Å². The van der Waals surface area contributed by atoms with Crippen molar-refractivity contribution >= 4 is 24.5 Å². The summed E-state index contributed by atoms with van der Waals surface area (Å²) in [7, 11) is -1.32. The molecule has 0 aliphatic rings. The molecule has 37 heavy (non-hydrogen) atoms. The molecule has 0 radical (unpaired) electrons. The standard InChI is InChI=1S/C33H66ClNOSi/c1-37(2,34)32-30-28-26-24-22-20-18-16-14-12-10-8-6-4-3-5-7-9-11-13-15-17-19-21-23-25-27-29-31-35-33-36/h3-32H2,1-2H3. The minimum Gasteiger partial charge on any atom is -0.211 e. The molecular formula is C33H66ClNOSi. The summed E-state index contributed by atoms with van der Waals surface area (Å²) in [6.45, 7) is 5.20. The normalized spacial score (nSPS) is 11.6. The van der Waals surface area contributed by atoms with Gasteiger partial charge in [-0.3, -0.25) is 0 Å². The van der Waals surface area contributed by atoms with Crippen LogP contribution in [0.1, 0.15) is 180 Å². The first-order valence-corrected chi connectivity index (χ1v) is 21.0. The van der Waals surface area contributed by atoms with E-state index < -0.39 is 7.38 Å². The molecule has 0 aromatic heterocycles. The largest absolute Gasteiger partial charge is 0.234 e. The second-order valence-corrected chi connectivity index (χ2v) is 19.3. The molecule has 0 atom stereocenters. The number of carbonyl (C=O) groups excluding carboxylic acids is 1. The monoisotopic (exact) mass is 555 g/mol. The zero-order valence-corrected chi connectivity index (χ0v) is 27.2. The molecular weight excluding hydrogens is 490 g/mol. The zero-order chi connectivity index (χ0) is 27.1. The molecule has 2 nitrogen and oxygen atoms in total. The smallest absolute Gasteiger partial charge is 0.211 e. The van der Waals surface area contributed by atoms with Crippen molar-refractivity contribution in [2.45, 2.75) is 199 Å². The van der Waals surface area contributed by atoms with E-state index in [9.17, 15) is 4.79 Å². The van der Waals surface area contributed by atoms with Crippen molar-refractivity contribution in [1.29, 1.82) is 0 Å². The maximum absolute atomic E-state index is 9.98. The Balaban J connectivity index is 3.05. The van der Waals surface area contributed by atoms with Crippen LogP contribution < -0.4 is 0 Å². The summed E-state index contributed by atoms with van der Waals surface area (Å²) in [4.78, 5) is 13.6. The number of hydrogen-bond donors (Lipinski definition) is 0. The van der Waals surface area contributed by atoms with Crippen molar-refractivity contribution in [3.63, 3.8) is 0 Å². The lowest BCUT2D eigenvalue weighted by Crippen LogP contribution is -2.14. The van der Waals surface area contributed by atoms with Crippen LogP contribution in [0, 0.1) is 0 Å². The molecule has 0 saturated heterocycles. The van der Waals surface area contributed by atoms with Gasteiger partial charge in [0.1, 0.15) is 7.38 Å². The highest BCUT2D eigenvalue weighted by Crippen LogP contribution is 2.20. The van der Waals surface area contributed by atoms with Gasteiger partial charge in [-0.15, -0.1) is 0 Å². The van der Waals surface area contributed by atoms with Crippen molar-refractivity contribution in [2.24, 2.45) is 4.99 Å². The molecule has 0 saturated carbocycles. The average molecular weight is 556 g/mol. The van der Waals surface area contributed by atoms with E-state index in [2.05, 4.69) is 18.1 Å². The molecule has 220 valence electrons. The van der Waals surface area contributed by atoms with Crippen molar-refractivity contribution in [1.82, 2.24) is 0 Å². The van der Waals surface area contributed by atoms with Crippen LogP contribution in [0.3, 0.4) is 0 Å². The van der Waals surface area contributed by atoms with Crippen LogP contribution in [0.5, 0.6) is 0 Å². The number of nitrogens with zero attached hydrogens (tertiary/aromatic N) is 1. The average Bonchev–Trinajstić information content (AvgIpc) is 2.86. The Morgan fingerprint density at radius 2 is 0.649 bits per heavy atom. The summed E-state index contributed by atoms with van der Waals surface area (Å²) in [5.41, 5.74) is 0. The van der Waals surface area contributed by atoms with Crippen molar-refractivity contribution in [2.75, 3.05) is 6.54 Å². The van der Waals surface area contributed by atoms with Crippen LogP contribution in [-0.2, 0) is 4.79 Å². The zero-order valence-electron chi connectivity index (χ0n) is 25.4. The summed E-state index contributed by atoms with van der Waals surface area (Å²) in [5, 5.41) is 0. The summed E-state index contributed by atoms with van der Waals surface area (Å²) >= 11 is 6.39. The van der Waals surface area contributed by atoms with Gasteiger partial charge in [-0.25, -0.2) is 9.79 Å². The SMILES string of the molecule is C[Si](C)(Cl)CCCCCCCCCCCCCCCCCCCCCCCCCCCCCCN=C=O. The van der Waals surface area contributed by atoms with E-state index in [0.29, 0.717) is 6.54 Å². The number of halogens is 1. The van der Waals surface area contributed by atoms with E-state index in [0.717, 1.165) is 6.42 Å². The Bertz CT molecular complexity index is 487. The third kappa shape index (κ3) is 35.9. The number of isocyanates is 1. The second kappa shape index (κ2) is 30.4. The number of aliphatic imine (C=N–C) groups is 1. The summed E-state index contributed by atoms with van der Waals surface area (Å²) < 4.78 is 0. The lowest BCUT2D eigenvalue weighted by Gasteiger charge is -2.11. The predicted molar refractivity (Wildman–Crippen MR) is 170 cm³/mol. The highest BCUT2D eigenvalue weighted by Gasteiger charge is 2.15. The lowest BCUT2D eigenvalue weighted by molar-refractivity contribution is 0.514. The van der Waals surface area contributed by atoms with Crippen molar-refractivity contribution in [3.05, 3.63) is 0 Å². The molecule has 0 heterocycles. The van der Waals surface area contributed by atoms with Gasteiger partial charge in [0.15, 0.2) is 0 Å². The highest BCUT2D eigenvalue weighted by molar-refractivity contribution is 7.19. The van der Waals surface area contributed by atoms with Gasteiger partial charge >= 0.3 is 0 Å². The highest BCUT2D eigenvalue weighted by atomic mass is 35.6. The number of rotatable bonds is 31. The molecule has 0 aliphatic heterocycles. The van der Waals surface area contributed by atoms with Gasteiger partial charge in [-0.2, -0.15) is 11.1 Å². The maximum Gasteiger partial charge on any atom is 0.234 e. The Morgan fingerprint density at radius 3 is 0.865 bits per heavy atom. The van der Waals surface area contributed by atoms with E-state index in [1.54, 1.807) is 6.08 Å². The van der Waals surface area contributed by atoms with Gasteiger partial charge < -0.3 is 0 Å². The van der Waals surface area contributed by atoms with Crippen LogP contribution in [0.2, 0.25) is 19.1 Å². The van der Waals surface area contributed by atoms with Gasteiger partial charge in [0.2, 0.25) is 6.08 Å². The molecule has 4 heteroatoms. The molecule has 0 N–H and O–H groups in total. The summed E-state index contributed by atoms with van der Waals surface area (Å²) in [6, 6.07) is 1.29. The van der Waals surface area contributed by atoms with Gasteiger partial charge in [0.05, 0.1) is 6.54 Å². The first kappa shape index (κ1) is 36.9. The van der Waals surface area contributed by atoms with Crippen LogP contribution >= 0.6 is 11.1 Å². The predicted octanol–water partition coefficient (Wildman–Crippen LogP) is 12.7. The Labute approximate surface area is 239 Å². The van der Waals surface area contributed by atoms with E-state index in [1.807, 2.05) is 0 Å². The Hall–Kier alpha value is -0.113. The van der Waals surface area contributed by atoms with Gasteiger partial charge in [0, 0.05) is 0 Å². The van der Waals surface area contributed by atoms with Gasteiger partial charge in [-0.05, 0) is 12.5 Å². The molecule has 0 aromatic rings. The fourth-order valence-corrected chi connectivity index (χ4v) is 6.87. The van der Waals surface area contributed by atoms with Gasteiger partial charge in [-0.1, -0.05) is 186 Å². The second-order valence-electron chi connectivity index (χ2n) is 12.3. The molecule has 0 spiro atoms. The summed E-state index contributed by atoms with van der Waals surface area (Å²) in [6.07, 6.45) is 41.2.